The summed E-state index contributed by atoms with van der Waals surface area (Å²) in [6.45, 7) is 1.66. The maximum Gasteiger partial charge on any atom is 0.335 e. The summed E-state index contributed by atoms with van der Waals surface area (Å²) in [4.78, 5) is 10.4. The van der Waals surface area contributed by atoms with Gasteiger partial charge < -0.3 is 36.0 Å². The van der Waals surface area contributed by atoms with E-state index in [1.807, 2.05) is 0 Å². The third-order valence-corrected chi connectivity index (χ3v) is 3.27. The maximum absolute atomic E-state index is 10.4. The number of benzene rings is 2. The Labute approximate surface area is 144 Å². The van der Waals surface area contributed by atoms with Crippen molar-refractivity contribution in [2.24, 2.45) is 5.73 Å². The molecule has 136 valence electrons. The molecule has 0 saturated carbocycles. The molecule has 8 heteroatoms. The molecule has 7 N–H and O–H groups in total. The number of aliphatic hydroxyl groups is 1. The van der Waals surface area contributed by atoms with Gasteiger partial charge in [-0.25, -0.2) is 4.79 Å². The third kappa shape index (κ3) is 5.55. The van der Waals surface area contributed by atoms with Crippen LogP contribution in [0, 0.1) is 0 Å². The van der Waals surface area contributed by atoms with Crippen LogP contribution < -0.4 is 10.5 Å². The van der Waals surface area contributed by atoms with Gasteiger partial charge in [-0.2, -0.15) is 0 Å². The first kappa shape index (κ1) is 20.1. The molecule has 0 amide bonds. The number of phenolic OH excluding ortho intramolecular Hbond substituents is 3. The van der Waals surface area contributed by atoms with Crippen molar-refractivity contribution in [1.82, 2.24) is 0 Å². The Morgan fingerprint density at radius 2 is 1.64 bits per heavy atom. The summed E-state index contributed by atoms with van der Waals surface area (Å²) in [5, 5.41) is 45.3. The van der Waals surface area contributed by atoms with Gasteiger partial charge in [-0.15, -0.1) is 0 Å². The van der Waals surface area contributed by atoms with E-state index in [4.69, 9.17) is 30.9 Å². The number of hydrogen-bond acceptors (Lipinski definition) is 7. The average molecular weight is 351 g/mol. The van der Waals surface area contributed by atoms with Crippen LogP contribution in [0.2, 0.25) is 0 Å². The quantitative estimate of drug-likeness (QED) is 0.454. The first-order valence-electron chi connectivity index (χ1n) is 7.23. The number of ether oxygens (including phenoxy) is 1. The van der Waals surface area contributed by atoms with Crippen LogP contribution in [-0.2, 0) is 0 Å². The van der Waals surface area contributed by atoms with Crippen LogP contribution in [0.4, 0.5) is 0 Å². The molecule has 2 atom stereocenters. The van der Waals surface area contributed by atoms with E-state index < -0.39 is 18.1 Å². The van der Waals surface area contributed by atoms with Crippen molar-refractivity contribution in [3.63, 3.8) is 0 Å². The molecule has 2 aromatic carbocycles. The highest BCUT2D eigenvalue weighted by Gasteiger charge is 2.13. The molecule has 0 aliphatic rings. The Kier molecular flexibility index (Phi) is 7.04. The Morgan fingerprint density at radius 3 is 2.12 bits per heavy atom. The largest absolute Gasteiger partial charge is 0.504 e. The number of rotatable bonds is 4. The van der Waals surface area contributed by atoms with Crippen molar-refractivity contribution in [3.8, 4) is 23.0 Å². The molecular weight excluding hydrogens is 330 g/mol. The second-order valence-corrected chi connectivity index (χ2v) is 5.24. The fourth-order valence-corrected chi connectivity index (χ4v) is 1.84. The van der Waals surface area contributed by atoms with Gasteiger partial charge in [0.1, 0.15) is 0 Å². The predicted octanol–water partition coefficient (Wildman–Crippen LogP) is 1.58. The SMILES string of the molecule is COc1cc(C(=O)O)ccc1O.C[C@H](N)[C@H](O)c1ccc(O)c(O)c1. The van der Waals surface area contributed by atoms with Crippen LogP contribution in [0.15, 0.2) is 36.4 Å². The lowest BCUT2D eigenvalue weighted by molar-refractivity contribution is 0.0696. The molecular formula is C17H21NO7. The van der Waals surface area contributed by atoms with Gasteiger partial charge >= 0.3 is 5.97 Å². The van der Waals surface area contributed by atoms with Gasteiger partial charge in [-0.05, 0) is 42.8 Å². The number of nitrogens with two attached hydrogens (primary N) is 1. The highest BCUT2D eigenvalue weighted by molar-refractivity contribution is 5.88. The highest BCUT2D eigenvalue weighted by atomic mass is 16.5. The van der Waals surface area contributed by atoms with Crippen molar-refractivity contribution < 1.29 is 35.1 Å². The Hall–Kier alpha value is -2.97. The molecule has 2 aromatic rings. The topological polar surface area (TPSA) is 153 Å². The van der Waals surface area contributed by atoms with Crippen molar-refractivity contribution >= 4 is 5.97 Å². The lowest BCUT2D eigenvalue weighted by atomic mass is 10.0. The zero-order valence-corrected chi connectivity index (χ0v) is 13.7. The number of aromatic carboxylic acids is 1. The molecule has 0 radical (unpaired) electrons. The minimum atomic E-state index is -1.05. The second kappa shape index (κ2) is 8.76. The van der Waals surface area contributed by atoms with Crippen LogP contribution in [0.25, 0.3) is 0 Å². The van der Waals surface area contributed by atoms with Gasteiger partial charge in [0.05, 0.1) is 18.8 Å². The molecule has 0 heterocycles. The maximum atomic E-state index is 10.4. The van der Waals surface area contributed by atoms with Gasteiger partial charge in [0.25, 0.3) is 0 Å². The Morgan fingerprint density at radius 1 is 1.04 bits per heavy atom. The summed E-state index contributed by atoms with van der Waals surface area (Å²) in [5.74, 6) is -1.41. The highest BCUT2D eigenvalue weighted by Crippen LogP contribution is 2.28. The summed E-state index contributed by atoms with van der Waals surface area (Å²) < 4.78 is 4.72. The van der Waals surface area contributed by atoms with Gasteiger partial charge in [0, 0.05) is 6.04 Å². The molecule has 0 saturated heterocycles. The lowest BCUT2D eigenvalue weighted by Gasteiger charge is -2.14. The van der Waals surface area contributed by atoms with E-state index in [0.717, 1.165) is 0 Å². The molecule has 8 nitrogen and oxygen atoms in total. The number of aliphatic hydroxyl groups excluding tert-OH is 1. The third-order valence-electron chi connectivity index (χ3n) is 3.27. The molecule has 0 bridgehead atoms. The van der Waals surface area contributed by atoms with Gasteiger partial charge in [-0.1, -0.05) is 6.07 Å². The molecule has 25 heavy (non-hydrogen) atoms. The van der Waals surface area contributed by atoms with Crippen LogP contribution in [0.1, 0.15) is 28.9 Å². The lowest BCUT2D eigenvalue weighted by Crippen LogP contribution is -2.24. The Balaban J connectivity index is 0.000000251. The number of carboxylic acid groups (broad SMARTS) is 1. The number of hydrogen-bond donors (Lipinski definition) is 6. The first-order valence-corrected chi connectivity index (χ1v) is 7.23. The summed E-state index contributed by atoms with van der Waals surface area (Å²) in [6.07, 6.45) is -0.827. The number of phenols is 3. The van der Waals surface area contributed by atoms with Crippen molar-refractivity contribution in [2.75, 3.05) is 7.11 Å². The van der Waals surface area contributed by atoms with E-state index in [2.05, 4.69) is 0 Å². The molecule has 0 spiro atoms. The molecule has 0 aliphatic carbocycles. The summed E-state index contributed by atoms with van der Waals surface area (Å²) >= 11 is 0. The fourth-order valence-electron chi connectivity index (χ4n) is 1.84. The molecule has 0 aliphatic heterocycles. The monoisotopic (exact) mass is 351 g/mol. The smallest absolute Gasteiger partial charge is 0.335 e. The van der Waals surface area contributed by atoms with Crippen molar-refractivity contribution in [1.29, 1.82) is 0 Å². The van der Waals surface area contributed by atoms with Crippen LogP contribution in [0.3, 0.4) is 0 Å². The first-order chi connectivity index (χ1) is 11.7. The fraction of sp³-hybridized carbons (Fsp3) is 0.235. The molecule has 0 fully saturated rings. The van der Waals surface area contributed by atoms with E-state index in [0.29, 0.717) is 5.56 Å². The van der Waals surface area contributed by atoms with Gasteiger partial charge in [0.2, 0.25) is 0 Å². The summed E-state index contributed by atoms with van der Waals surface area (Å²) in [5.41, 5.74) is 6.04. The van der Waals surface area contributed by atoms with E-state index in [1.165, 1.54) is 43.5 Å². The molecule has 0 aromatic heterocycles. The average Bonchev–Trinajstić information content (AvgIpc) is 2.57. The number of aromatic hydroxyl groups is 3. The standard InChI is InChI=1S/C9H13NO3.C8H8O4/c1-5(10)9(13)6-2-3-7(11)8(12)4-6;1-12-7-4-5(8(10)11)2-3-6(7)9/h2-5,9,11-13H,10H2,1H3;2-4,9H,1H3,(H,10,11)/t5-,9-;/m0./s1. The van der Waals surface area contributed by atoms with Crippen LogP contribution in [0.5, 0.6) is 23.0 Å². The second-order valence-electron chi connectivity index (χ2n) is 5.24. The van der Waals surface area contributed by atoms with Crippen molar-refractivity contribution in [2.45, 2.75) is 19.1 Å². The zero-order chi connectivity index (χ0) is 19.1. The number of carbonyl (C=O) groups is 1. The van der Waals surface area contributed by atoms with Crippen LogP contribution >= 0.6 is 0 Å². The molecule has 0 unspecified atom stereocenters. The van der Waals surface area contributed by atoms with E-state index in [1.54, 1.807) is 6.92 Å². The van der Waals surface area contributed by atoms with E-state index >= 15 is 0 Å². The van der Waals surface area contributed by atoms with Gasteiger partial charge in [-0.3, -0.25) is 0 Å². The predicted molar refractivity (Wildman–Crippen MR) is 90.0 cm³/mol. The normalized spacial score (nSPS) is 12.5. The number of carboxylic acids is 1. The molecule has 2 rings (SSSR count). The van der Waals surface area contributed by atoms with E-state index in [9.17, 15) is 9.90 Å². The minimum Gasteiger partial charge on any atom is -0.504 e. The minimum absolute atomic E-state index is 0.0671. The summed E-state index contributed by atoms with van der Waals surface area (Å²) in [6, 6.07) is 7.56. The van der Waals surface area contributed by atoms with Crippen molar-refractivity contribution in [3.05, 3.63) is 47.5 Å². The van der Waals surface area contributed by atoms with Gasteiger partial charge in [0.15, 0.2) is 23.0 Å². The van der Waals surface area contributed by atoms with Crippen LogP contribution in [-0.4, -0.2) is 44.7 Å². The Bertz CT molecular complexity index is 731. The van der Waals surface area contributed by atoms with E-state index in [-0.39, 0.29) is 28.6 Å². The summed E-state index contributed by atoms with van der Waals surface area (Å²) in [7, 11) is 1.36. The zero-order valence-electron chi connectivity index (χ0n) is 13.7. The number of methoxy groups -OCH3 is 1.